The Hall–Kier alpha value is -0.0400. The molecule has 0 bridgehead atoms. The Bertz CT molecular complexity index is 86.6. The zero-order chi connectivity index (χ0) is 6.36. The van der Waals surface area contributed by atoms with Gasteiger partial charge in [0.2, 0.25) is 0 Å². The molecule has 1 aliphatic rings. The van der Waals surface area contributed by atoms with Crippen molar-refractivity contribution in [3.8, 4) is 0 Å². The van der Waals surface area contributed by atoms with Crippen molar-refractivity contribution in [2.45, 2.75) is 33.2 Å². The molecule has 0 heterocycles. The van der Waals surface area contributed by atoms with E-state index in [1.165, 1.54) is 6.42 Å². The third-order valence-corrected chi connectivity index (χ3v) is 2.83. The molecule has 0 aliphatic heterocycles. The minimum absolute atomic E-state index is 0.417. The Kier molecular flexibility index (Phi) is 1.12. The first kappa shape index (κ1) is 6.09. The van der Waals surface area contributed by atoms with Gasteiger partial charge in [0.25, 0.3) is 0 Å². The molecular weight excluding hydrogens is 98.1 g/mol. The maximum absolute atomic E-state index is 5.75. The fourth-order valence-corrected chi connectivity index (χ4v) is 1.19. The molecule has 1 fully saturated rings. The van der Waals surface area contributed by atoms with Crippen LogP contribution in [0.5, 0.6) is 0 Å². The molecule has 2 N–H and O–H groups in total. The molecule has 48 valence electrons. The Morgan fingerprint density at radius 2 is 2.00 bits per heavy atom. The standard InChI is InChI=1S/C7H15N/c1-5-4-6(8)7(5,2)3/h5-6H,4,8H2,1-3H3. The molecule has 0 aromatic carbocycles. The molecule has 0 aromatic rings. The first-order valence-electron chi connectivity index (χ1n) is 3.30. The summed E-state index contributed by atoms with van der Waals surface area (Å²) in [5, 5.41) is 0. The summed E-state index contributed by atoms with van der Waals surface area (Å²) in [6.45, 7) is 6.75. The van der Waals surface area contributed by atoms with Crippen molar-refractivity contribution in [3.05, 3.63) is 0 Å². The summed E-state index contributed by atoms with van der Waals surface area (Å²) in [5.74, 6) is 0.831. The van der Waals surface area contributed by atoms with Crippen LogP contribution in [0.4, 0.5) is 0 Å². The lowest BCUT2D eigenvalue weighted by atomic mass is 9.60. The highest BCUT2D eigenvalue weighted by Gasteiger charge is 2.42. The molecule has 0 amide bonds. The highest BCUT2D eigenvalue weighted by molar-refractivity contribution is 4.96. The molecule has 0 radical (unpaired) electrons. The van der Waals surface area contributed by atoms with E-state index in [1.807, 2.05) is 0 Å². The fraction of sp³-hybridized carbons (Fsp3) is 1.00. The van der Waals surface area contributed by atoms with E-state index in [9.17, 15) is 0 Å². The van der Waals surface area contributed by atoms with Crippen molar-refractivity contribution in [2.75, 3.05) is 0 Å². The molecule has 1 nitrogen and oxygen atoms in total. The molecule has 1 aliphatic carbocycles. The molecule has 0 saturated heterocycles. The van der Waals surface area contributed by atoms with Gasteiger partial charge in [0.15, 0.2) is 0 Å². The zero-order valence-electron chi connectivity index (χ0n) is 5.94. The summed E-state index contributed by atoms with van der Waals surface area (Å²) in [7, 11) is 0. The highest BCUT2D eigenvalue weighted by atomic mass is 14.7. The number of hydrogen-bond donors (Lipinski definition) is 1. The Morgan fingerprint density at radius 1 is 1.50 bits per heavy atom. The van der Waals surface area contributed by atoms with Crippen molar-refractivity contribution in [1.82, 2.24) is 0 Å². The van der Waals surface area contributed by atoms with Crippen LogP contribution in [-0.2, 0) is 0 Å². The first-order chi connectivity index (χ1) is 3.55. The van der Waals surface area contributed by atoms with Gasteiger partial charge in [-0.2, -0.15) is 0 Å². The van der Waals surface area contributed by atoms with E-state index in [1.54, 1.807) is 0 Å². The van der Waals surface area contributed by atoms with Crippen LogP contribution in [0.1, 0.15) is 27.2 Å². The Balaban J connectivity index is 2.52. The molecule has 1 heteroatoms. The van der Waals surface area contributed by atoms with Gasteiger partial charge in [-0.1, -0.05) is 20.8 Å². The van der Waals surface area contributed by atoms with Crippen LogP contribution in [0, 0.1) is 11.3 Å². The van der Waals surface area contributed by atoms with Gasteiger partial charge in [-0.05, 0) is 17.8 Å². The van der Waals surface area contributed by atoms with E-state index in [2.05, 4.69) is 20.8 Å². The lowest BCUT2D eigenvalue weighted by molar-refractivity contribution is 0.0527. The average molecular weight is 113 g/mol. The van der Waals surface area contributed by atoms with Gasteiger partial charge in [-0.25, -0.2) is 0 Å². The summed E-state index contributed by atoms with van der Waals surface area (Å²) in [6.07, 6.45) is 1.22. The zero-order valence-corrected chi connectivity index (χ0v) is 5.94. The van der Waals surface area contributed by atoms with Crippen molar-refractivity contribution in [1.29, 1.82) is 0 Å². The molecule has 0 spiro atoms. The van der Waals surface area contributed by atoms with Gasteiger partial charge in [-0.3, -0.25) is 0 Å². The van der Waals surface area contributed by atoms with Gasteiger partial charge in [0.1, 0.15) is 0 Å². The SMILES string of the molecule is CC1CC(N)C1(C)C. The van der Waals surface area contributed by atoms with Gasteiger partial charge in [-0.15, -0.1) is 0 Å². The second-order valence-electron chi connectivity index (χ2n) is 3.56. The van der Waals surface area contributed by atoms with Gasteiger partial charge < -0.3 is 5.73 Å². The van der Waals surface area contributed by atoms with Crippen molar-refractivity contribution in [3.63, 3.8) is 0 Å². The second kappa shape index (κ2) is 1.47. The summed E-state index contributed by atoms with van der Waals surface area (Å²) in [6, 6.07) is 0.456. The van der Waals surface area contributed by atoms with E-state index in [0.29, 0.717) is 11.5 Å². The molecular formula is C7H15N. The van der Waals surface area contributed by atoms with Crippen LogP contribution < -0.4 is 5.73 Å². The molecule has 2 atom stereocenters. The quantitative estimate of drug-likeness (QED) is 0.504. The minimum atomic E-state index is 0.417. The molecule has 0 aromatic heterocycles. The number of hydrogen-bond acceptors (Lipinski definition) is 1. The van der Waals surface area contributed by atoms with E-state index >= 15 is 0 Å². The van der Waals surface area contributed by atoms with Crippen LogP contribution in [-0.4, -0.2) is 6.04 Å². The Labute approximate surface area is 51.3 Å². The average Bonchev–Trinajstić information content (AvgIpc) is 1.68. The highest BCUT2D eigenvalue weighted by Crippen LogP contribution is 2.44. The maximum atomic E-state index is 5.75. The van der Waals surface area contributed by atoms with Crippen molar-refractivity contribution >= 4 is 0 Å². The summed E-state index contributed by atoms with van der Waals surface area (Å²) < 4.78 is 0. The van der Waals surface area contributed by atoms with Gasteiger partial charge >= 0.3 is 0 Å². The maximum Gasteiger partial charge on any atom is 0.00955 e. The molecule has 1 saturated carbocycles. The van der Waals surface area contributed by atoms with Crippen molar-refractivity contribution in [2.24, 2.45) is 17.1 Å². The number of nitrogens with two attached hydrogens (primary N) is 1. The molecule has 8 heavy (non-hydrogen) atoms. The third-order valence-electron chi connectivity index (χ3n) is 2.83. The van der Waals surface area contributed by atoms with Crippen molar-refractivity contribution < 1.29 is 0 Å². The topological polar surface area (TPSA) is 26.0 Å². The van der Waals surface area contributed by atoms with Crippen LogP contribution in [0.3, 0.4) is 0 Å². The lowest BCUT2D eigenvalue weighted by Crippen LogP contribution is -2.53. The third kappa shape index (κ3) is 0.576. The normalized spacial score (nSPS) is 43.5. The molecule has 1 rings (SSSR count). The predicted molar refractivity (Wildman–Crippen MR) is 35.5 cm³/mol. The first-order valence-corrected chi connectivity index (χ1v) is 3.30. The predicted octanol–water partition coefficient (Wildman–Crippen LogP) is 1.38. The second-order valence-corrected chi connectivity index (χ2v) is 3.56. The minimum Gasteiger partial charge on any atom is -0.327 e. The van der Waals surface area contributed by atoms with E-state index in [4.69, 9.17) is 5.73 Å². The van der Waals surface area contributed by atoms with E-state index < -0.39 is 0 Å². The summed E-state index contributed by atoms with van der Waals surface area (Å²) in [4.78, 5) is 0. The smallest absolute Gasteiger partial charge is 0.00955 e. The Morgan fingerprint density at radius 3 is 2.00 bits per heavy atom. The van der Waals surface area contributed by atoms with Crippen LogP contribution in [0.25, 0.3) is 0 Å². The summed E-state index contributed by atoms with van der Waals surface area (Å²) >= 11 is 0. The van der Waals surface area contributed by atoms with Crippen LogP contribution in [0.2, 0.25) is 0 Å². The van der Waals surface area contributed by atoms with E-state index in [-0.39, 0.29) is 0 Å². The fourth-order valence-electron chi connectivity index (χ4n) is 1.19. The van der Waals surface area contributed by atoms with Gasteiger partial charge in [0.05, 0.1) is 0 Å². The number of rotatable bonds is 0. The lowest BCUT2D eigenvalue weighted by Gasteiger charge is -2.48. The summed E-state index contributed by atoms with van der Waals surface area (Å²) in [5.41, 5.74) is 6.16. The van der Waals surface area contributed by atoms with Gasteiger partial charge in [0, 0.05) is 6.04 Å². The van der Waals surface area contributed by atoms with Crippen LogP contribution >= 0.6 is 0 Å². The monoisotopic (exact) mass is 113 g/mol. The van der Waals surface area contributed by atoms with Crippen LogP contribution in [0.15, 0.2) is 0 Å². The van der Waals surface area contributed by atoms with E-state index in [0.717, 1.165) is 5.92 Å². The largest absolute Gasteiger partial charge is 0.327 e. The molecule has 2 unspecified atom stereocenters.